The molecule has 0 aliphatic rings. The average molecular weight is 243 g/mol. The summed E-state index contributed by atoms with van der Waals surface area (Å²) in [5.74, 6) is 0.791. The summed E-state index contributed by atoms with van der Waals surface area (Å²) >= 11 is 3.41. The maximum absolute atomic E-state index is 8.64. The Morgan fingerprint density at radius 3 is 2.92 bits per heavy atom. The van der Waals surface area contributed by atoms with Crippen molar-refractivity contribution in [2.45, 2.75) is 0 Å². The van der Waals surface area contributed by atoms with Crippen LogP contribution in [-0.4, -0.2) is 18.8 Å². The molecule has 0 fully saturated rings. The quantitative estimate of drug-likeness (QED) is 0.883. The number of aliphatic hydroxyl groups is 1. The minimum absolute atomic E-state index is 0.0322. The Morgan fingerprint density at radius 2 is 2.31 bits per heavy atom. The summed E-state index contributed by atoms with van der Waals surface area (Å²) in [5.41, 5.74) is 0.944. The lowest BCUT2D eigenvalue weighted by molar-refractivity contribution is 0.343. The van der Waals surface area contributed by atoms with Crippen LogP contribution in [0.1, 0.15) is 5.56 Å². The third kappa shape index (κ3) is 2.57. The second-order valence-electron chi connectivity index (χ2n) is 2.44. The molecular formula is C10H11BrO2. The molecular weight excluding hydrogens is 232 g/mol. The highest BCUT2D eigenvalue weighted by atomic mass is 79.9. The first-order valence-corrected chi connectivity index (χ1v) is 4.68. The largest absolute Gasteiger partial charge is 0.496 e. The van der Waals surface area contributed by atoms with Crippen molar-refractivity contribution in [2.24, 2.45) is 0 Å². The molecule has 3 heteroatoms. The Hall–Kier alpha value is -0.800. The molecule has 0 heterocycles. The van der Waals surface area contributed by atoms with Crippen LogP contribution >= 0.6 is 15.9 Å². The molecule has 0 aliphatic carbocycles. The molecule has 0 aromatic heterocycles. The number of methoxy groups -OCH3 is 1. The highest BCUT2D eigenvalue weighted by molar-refractivity contribution is 9.10. The van der Waals surface area contributed by atoms with Gasteiger partial charge >= 0.3 is 0 Å². The van der Waals surface area contributed by atoms with E-state index in [1.165, 1.54) is 0 Å². The molecule has 0 spiro atoms. The molecule has 70 valence electrons. The van der Waals surface area contributed by atoms with Gasteiger partial charge in [0, 0.05) is 10.0 Å². The van der Waals surface area contributed by atoms with Crippen molar-refractivity contribution in [3.63, 3.8) is 0 Å². The first kappa shape index (κ1) is 10.3. The van der Waals surface area contributed by atoms with Crippen molar-refractivity contribution >= 4 is 22.0 Å². The molecule has 13 heavy (non-hydrogen) atoms. The van der Waals surface area contributed by atoms with Gasteiger partial charge in [-0.1, -0.05) is 34.1 Å². The highest BCUT2D eigenvalue weighted by Crippen LogP contribution is 2.27. The smallest absolute Gasteiger partial charge is 0.127 e. The Morgan fingerprint density at radius 1 is 1.54 bits per heavy atom. The zero-order valence-electron chi connectivity index (χ0n) is 7.33. The fourth-order valence-corrected chi connectivity index (χ4v) is 1.51. The molecule has 0 radical (unpaired) electrons. The molecule has 0 saturated carbocycles. The second-order valence-corrected chi connectivity index (χ2v) is 3.30. The molecule has 0 bridgehead atoms. The molecule has 0 atom stereocenters. The molecule has 1 aromatic rings. The van der Waals surface area contributed by atoms with Gasteiger partial charge in [0.2, 0.25) is 0 Å². The molecule has 0 unspecified atom stereocenters. The summed E-state index contributed by atoms with van der Waals surface area (Å²) in [4.78, 5) is 0. The molecule has 1 N–H and O–H groups in total. The number of ether oxygens (including phenoxy) is 1. The third-order valence-corrected chi connectivity index (χ3v) is 2.31. The zero-order valence-corrected chi connectivity index (χ0v) is 8.91. The fraction of sp³-hybridized carbons (Fsp3) is 0.200. The summed E-state index contributed by atoms with van der Waals surface area (Å²) in [6.45, 7) is 0.0322. The highest BCUT2D eigenvalue weighted by Gasteiger charge is 2.02. The van der Waals surface area contributed by atoms with Gasteiger partial charge in [-0.2, -0.15) is 0 Å². The van der Waals surface area contributed by atoms with Crippen molar-refractivity contribution < 1.29 is 9.84 Å². The van der Waals surface area contributed by atoms with Crippen molar-refractivity contribution in [1.82, 2.24) is 0 Å². The number of aliphatic hydroxyl groups excluding tert-OH is 1. The third-order valence-electron chi connectivity index (χ3n) is 1.62. The summed E-state index contributed by atoms with van der Waals surface area (Å²) in [6, 6.07) is 5.71. The van der Waals surface area contributed by atoms with Crippen LogP contribution < -0.4 is 4.74 Å². The lowest BCUT2D eigenvalue weighted by Gasteiger charge is -2.05. The number of benzene rings is 1. The van der Waals surface area contributed by atoms with Crippen LogP contribution in [0.4, 0.5) is 0 Å². The Labute approximate surface area is 86.0 Å². The fourth-order valence-electron chi connectivity index (χ4n) is 1.03. The van der Waals surface area contributed by atoms with Gasteiger partial charge < -0.3 is 9.84 Å². The molecule has 0 aliphatic heterocycles. The number of hydrogen-bond donors (Lipinski definition) is 1. The van der Waals surface area contributed by atoms with Crippen molar-refractivity contribution in [3.05, 3.63) is 34.3 Å². The van der Waals surface area contributed by atoms with E-state index < -0.39 is 0 Å². The first-order valence-electron chi connectivity index (χ1n) is 3.89. The predicted molar refractivity (Wildman–Crippen MR) is 56.8 cm³/mol. The Balaban J connectivity index is 3.07. The van der Waals surface area contributed by atoms with E-state index in [2.05, 4.69) is 15.9 Å². The Bertz CT molecular complexity index is 308. The van der Waals surface area contributed by atoms with E-state index in [4.69, 9.17) is 9.84 Å². The summed E-state index contributed by atoms with van der Waals surface area (Å²) in [7, 11) is 1.62. The van der Waals surface area contributed by atoms with Gasteiger partial charge in [-0.25, -0.2) is 0 Å². The number of rotatable bonds is 3. The van der Waals surface area contributed by atoms with E-state index >= 15 is 0 Å². The van der Waals surface area contributed by atoms with Crippen LogP contribution in [0.3, 0.4) is 0 Å². The van der Waals surface area contributed by atoms with E-state index in [1.807, 2.05) is 24.3 Å². The average Bonchev–Trinajstić information content (AvgIpc) is 2.15. The SMILES string of the molecule is COc1cccc(Br)c1/C=C/CO. The van der Waals surface area contributed by atoms with Crippen molar-refractivity contribution in [1.29, 1.82) is 0 Å². The van der Waals surface area contributed by atoms with Gasteiger partial charge in [0.05, 0.1) is 13.7 Å². The monoisotopic (exact) mass is 242 g/mol. The maximum atomic E-state index is 8.64. The van der Waals surface area contributed by atoms with Crippen molar-refractivity contribution in [3.8, 4) is 5.75 Å². The van der Waals surface area contributed by atoms with Crippen LogP contribution in [0.5, 0.6) is 5.75 Å². The van der Waals surface area contributed by atoms with Gasteiger partial charge in [-0.05, 0) is 12.1 Å². The van der Waals surface area contributed by atoms with Crippen LogP contribution in [-0.2, 0) is 0 Å². The predicted octanol–water partition coefficient (Wildman–Crippen LogP) is 2.46. The summed E-state index contributed by atoms with van der Waals surface area (Å²) in [5, 5.41) is 8.64. The van der Waals surface area contributed by atoms with Crippen LogP contribution in [0, 0.1) is 0 Å². The number of hydrogen-bond acceptors (Lipinski definition) is 2. The van der Waals surface area contributed by atoms with E-state index in [0.717, 1.165) is 15.8 Å². The van der Waals surface area contributed by atoms with E-state index in [0.29, 0.717) is 0 Å². The second kappa shape index (κ2) is 5.04. The number of halogens is 1. The lowest BCUT2D eigenvalue weighted by Crippen LogP contribution is -1.87. The van der Waals surface area contributed by atoms with Crippen LogP contribution in [0.15, 0.2) is 28.7 Å². The van der Waals surface area contributed by atoms with Crippen LogP contribution in [0.25, 0.3) is 6.08 Å². The first-order chi connectivity index (χ1) is 6.29. The van der Waals surface area contributed by atoms with Gasteiger partial charge in [-0.15, -0.1) is 0 Å². The molecule has 0 amide bonds. The Kier molecular flexibility index (Phi) is 3.99. The minimum Gasteiger partial charge on any atom is -0.496 e. The standard InChI is InChI=1S/C10H11BrO2/c1-13-10-6-2-5-9(11)8(10)4-3-7-12/h2-6,12H,7H2,1H3/b4-3+. The molecule has 2 nitrogen and oxygen atoms in total. The summed E-state index contributed by atoms with van der Waals surface area (Å²) < 4.78 is 6.12. The van der Waals surface area contributed by atoms with Gasteiger partial charge in [0.25, 0.3) is 0 Å². The molecule has 1 rings (SSSR count). The van der Waals surface area contributed by atoms with E-state index in [9.17, 15) is 0 Å². The summed E-state index contributed by atoms with van der Waals surface area (Å²) in [6.07, 6.45) is 3.49. The van der Waals surface area contributed by atoms with E-state index in [1.54, 1.807) is 13.2 Å². The van der Waals surface area contributed by atoms with Crippen molar-refractivity contribution in [2.75, 3.05) is 13.7 Å². The van der Waals surface area contributed by atoms with Gasteiger partial charge in [0.1, 0.15) is 5.75 Å². The normalized spacial score (nSPS) is 10.7. The van der Waals surface area contributed by atoms with Crippen LogP contribution in [0.2, 0.25) is 0 Å². The topological polar surface area (TPSA) is 29.5 Å². The van der Waals surface area contributed by atoms with Gasteiger partial charge in [0.15, 0.2) is 0 Å². The zero-order chi connectivity index (χ0) is 9.68. The lowest BCUT2D eigenvalue weighted by atomic mass is 10.2. The maximum Gasteiger partial charge on any atom is 0.127 e. The molecule has 0 saturated heterocycles. The molecule has 1 aromatic carbocycles. The van der Waals surface area contributed by atoms with Gasteiger partial charge in [-0.3, -0.25) is 0 Å². The minimum atomic E-state index is 0.0322. The van der Waals surface area contributed by atoms with E-state index in [-0.39, 0.29) is 6.61 Å².